The van der Waals surface area contributed by atoms with Crippen molar-refractivity contribution in [3.8, 4) is 11.4 Å². The van der Waals surface area contributed by atoms with Gasteiger partial charge in [-0.1, -0.05) is 29.8 Å². The highest BCUT2D eigenvalue weighted by Gasteiger charge is 2.19. The number of hydrogen-bond donors (Lipinski definition) is 2. The lowest BCUT2D eigenvalue weighted by Gasteiger charge is -2.15. The molecule has 0 aliphatic carbocycles. The van der Waals surface area contributed by atoms with Crippen LogP contribution in [0.5, 0.6) is 0 Å². The summed E-state index contributed by atoms with van der Waals surface area (Å²) in [6.07, 6.45) is 2.11. The first-order chi connectivity index (χ1) is 14.5. The van der Waals surface area contributed by atoms with Crippen molar-refractivity contribution in [2.75, 3.05) is 18.4 Å². The summed E-state index contributed by atoms with van der Waals surface area (Å²) in [6, 6.07) is 14.9. The molecule has 4 rings (SSSR count). The van der Waals surface area contributed by atoms with Gasteiger partial charge in [0.25, 0.3) is 5.91 Å². The Kier molecular flexibility index (Phi) is 5.76. The molecule has 3 aromatic rings. The van der Waals surface area contributed by atoms with Crippen molar-refractivity contribution in [2.24, 2.45) is 0 Å². The number of likely N-dealkylation sites (tertiary alicyclic amines) is 1. The highest BCUT2D eigenvalue weighted by Crippen LogP contribution is 2.19. The number of anilines is 1. The predicted octanol–water partition coefficient (Wildman–Crippen LogP) is 3.79. The second-order valence-electron chi connectivity index (χ2n) is 7.43. The van der Waals surface area contributed by atoms with Gasteiger partial charge in [-0.2, -0.15) is 5.10 Å². The molecule has 1 aromatic heterocycles. The zero-order chi connectivity index (χ0) is 21.1. The average Bonchev–Trinajstić information content (AvgIpc) is 3.40. The van der Waals surface area contributed by atoms with E-state index in [9.17, 15) is 9.59 Å². The van der Waals surface area contributed by atoms with Crippen molar-refractivity contribution < 1.29 is 9.59 Å². The van der Waals surface area contributed by atoms with Crippen LogP contribution in [0.15, 0.2) is 48.5 Å². The highest BCUT2D eigenvalue weighted by molar-refractivity contribution is 7.71. The van der Waals surface area contributed by atoms with Crippen molar-refractivity contribution in [1.29, 1.82) is 0 Å². The quantitative estimate of drug-likeness (QED) is 0.614. The third kappa shape index (κ3) is 4.33. The minimum atomic E-state index is -0.223. The molecule has 0 bridgehead atoms. The Morgan fingerprint density at radius 3 is 2.40 bits per heavy atom. The van der Waals surface area contributed by atoms with Crippen LogP contribution in [0.2, 0.25) is 0 Å². The summed E-state index contributed by atoms with van der Waals surface area (Å²) in [5, 5.41) is 9.89. The van der Waals surface area contributed by atoms with E-state index >= 15 is 0 Å². The van der Waals surface area contributed by atoms with Crippen LogP contribution in [0, 0.1) is 11.7 Å². The summed E-state index contributed by atoms with van der Waals surface area (Å²) >= 11 is 5.30. The highest BCUT2D eigenvalue weighted by atomic mass is 32.1. The largest absolute Gasteiger partial charge is 0.339 e. The first-order valence-electron chi connectivity index (χ1n) is 9.93. The van der Waals surface area contributed by atoms with E-state index in [1.807, 2.05) is 36.1 Å². The third-order valence-electron chi connectivity index (χ3n) is 5.18. The number of aromatic nitrogens is 3. The zero-order valence-electron chi connectivity index (χ0n) is 16.7. The Bertz CT molecular complexity index is 1110. The molecule has 30 heavy (non-hydrogen) atoms. The smallest absolute Gasteiger partial charge is 0.253 e. The second-order valence-corrected chi connectivity index (χ2v) is 7.82. The van der Waals surface area contributed by atoms with Gasteiger partial charge in [-0.15, -0.1) is 0 Å². The standard InChI is InChI=1S/C22H23N5O2S/c1-15-4-6-16(7-5-15)20-24-25-22(30)27(20)14-19(28)23-18-10-8-17(9-11-18)21(29)26-12-2-3-13-26/h4-11H,2-3,12-14H2,1H3,(H,23,28)(H,25,30). The molecule has 2 amide bonds. The van der Waals surface area contributed by atoms with Crippen LogP contribution >= 0.6 is 12.2 Å². The molecule has 0 spiro atoms. The van der Waals surface area contributed by atoms with Gasteiger partial charge in [0.2, 0.25) is 5.91 Å². The summed E-state index contributed by atoms with van der Waals surface area (Å²) < 4.78 is 2.05. The van der Waals surface area contributed by atoms with Crippen LogP contribution in [0.1, 0.15) is 28.8 Å². The van der Waals surface area contributed by atoms with Crippen LogP contribution in [0.25, 0.3) is 11.4 Å². The monoisotopic (exact) mass is 421 g/mol. The normalized spacial score (nSPS) is 13.4. The number of nitrogens with one attached hydrogen (secondary N) is 2. The van der Waals surface area contributed by atoms with E-state index in [0.29, 0.717) is 21.8 Å². The van der Waals surface area contributed by atoms with Gasteiger partial charge in [0.15, 0.2) is 10.6 Å². The van der Waals surface area contributed by atoms with E-state index in [1.54, 1.807) is 28.8 Å². The molecule has 1 aliphatic rings. The zero-order valence-corrected chi connectivity index (χ0v) is 17.5. The van der Waals surface area contributed by atoms with Gasteiger partial charge in [-0.25, -0.2) is 0 Å². The van der Waals surface area contributed by atoms with Crippen molar-refractivity contribution in [1.82, 2.24) is 19.7 Å². The predicted molar refractivity (Wildman–Crippen MR) is 118 cm³/mol. The number of carbonyl (C=O) groups is 2. The SMILES string of the molecule is Cc1ccc(-c2n[nH]c(=S)n2CC(=O)Nc2ccc(C(=O)N3CCCC3)cc2)cc1. The number of benzene rings is 2. The van der Waals surface area contributed by atoms with Crippen LogP contribution < -0.4 is 5.32 Å². The number of H-pyrrole nitrogens is 1. The number of nitrogens with zero attached hydrogens (tertiary/aromatic N) is 3. The van der Waals surface area contributed by atoms with Crippen LogP contribution in [0.3, 0.4) is 0 Å². The lowest BCUT2D eigenvalue weighted by atomic mass is 10.1. The third-order valence-corrected chi connectivity index (χ3v) is 5.49. The Morgan fingerprint density at radius 1 is 1.07 bits per heavy atom. The summed E-state index contributed by atoms with van der Waals surface area (Å²) in [5.74, 6) is 0.430. The number of rotatable bonds is 5. The maximum Gasteiger partial charge on any atom is 0.253 e. The lowest BCUT2D eigenvalue weighted by molar-refractivity contribution is -0.116. The van der Waals surface area contributed by atoms with Crippen molar-refractivity contribution in [3.05, 3.63) is 64.4 Å². The molecule has 1 saturated heterocycles. The molecule has 1 fully saturated rings. The number of aryl methyl sites for hydroxylation is 1. The Hall–Kier alpha value is -3.26. The minimum Gasteiger partial charge on any atom is -0.339 e. The van der Waals surface area contributed by atoms with E-state index in [-0.39, 0.29) is 18.4 Å². The van der Waals surface area contributed by atoms with Crippen LogP contribution in [0.4, 0.5) is 5.69 Å². The molecule has 0 atom stereocenters. The fourth-order valence-corrected chi connectivity index (χ4v) is 3.73. The Labute approximate surface area is 179 Å². The Morgan fingerprint density at radius 2 is 1.73 bits per heavy atom. The van der Waals surface area contributed by atoms with Gasteiger partial charge < -0.3 is 10.2 Å². The fraction of sp³-hybridized carbons (Fsp3) is 0.273. The molecular formula is C22H23N5O2S. The molecular weight excluding hydrogens is 398 g/mol. The van der Waals surface area contributed by atoms with Crippen LogP contribution in [-0.2, 0) is 11.3 Å². The van der Waals surface area contributed by atoms with E-state index in [4.69, 9.17) is 12.2 Å². The minimum absolute atomic E-state index is 0.0347. The van der Waals surface area contributed by atoms with Crippen molar-refractivity contribution >= 4 is 29.7 Å². The summed E-state index contributed by atoms with van der Waals surface area (Å²) in [6.45, 7) is 3.67. The fourth-order valence-electron chi connectivity index (χ4n) is 3.53. The molecule has 0 saturated carbocycles. The van der Waals surface area contributed by atoms with Gasteiger partial charge in [0, 0.05) is 29.9 Å². The number of amides is 2. The molecule has 0 radical (unpaired) electrons. The molecule has 0 unspecified atom stereocenters. The van der Waals surface area contributed by atoms with Gasteiger partial charge >= 0.3 is 0 Å². The van der Waals surface area contributed by atoms with Gasteiger partial charge in [-0.05, 0) is 56.2 Å². The number of carbonyl (C=O) groups excluding carboxylic acids is 2. The van der Waals surface area contributed by atoms with Crippen molar-refractivity contribution in [2.45, 2.75) is 26.3 Å². The second kappa shape index (κ2) is 8.62. The molecule has 2 heterocycles. The first kappa shape index (κ1) is 20.0. The first-order valence-corrected chi connectivity index (χ1v) is 10.3. The number of hydrogen-bond acceptors (Lipinski definition) is 4. The summed E-state index contributed by atoms with van der Waals surface area (Å²) in [4.78, 5) is 26.9. The summed E-state index contributed by atoms with van der Waals surface area (Å²) in [7, 11) is 0. The molecule has 1 aliphatic heterocycles. The maximum absolute atomic E-state index is 12.6. The van der Waals surface area contributed by atoms with E-state index in [0.717, 1.165) is 37.1 Å². The van der Waals surface area contributed by atoms with Gasteiger partial charge in [0.05, 0.1) is 0 Å². The molecule has 8 heteroatoms. The lowest BCUT2D eigenvalue weighted by Crippen LogP contribution is -2.27. The average molecular weight is 422 g/mol. The van der Waals surface area contributed by atoms with E-state index in [1.165, 1.54) is 0 Å². The topological polar surface area (TPSA) is 83.0 Å². The maximum atomic E-state index is 12.6. The Balaban J connectivity index is 1.44. The van der Waals surface area contributed by atoms with Crippen LogP contribution in [-0.4, -0.2) is 44.6 Å². The van der Waals surface area contributed by atoms with Crippen molar-refractivity contribution in [3.63, 3.8) is 0 Å². The van der Waals surface area contributed by atoms with E-state index < -0.39 is 0 Å². The number of aromatic amines is 1. The molecule has 154 valence electrons. The molecule has 2 aromatic carbocycles. The van der Waals surface area contributed by atoms with Gasteiger partial charge in [0.1, 0.15) is 6.54 Å². The van der Waals surface area contributed by atoms with E-state index in [2.05, 4.69) is 15.5 Å². The van der Waals surface area contributed by atoms with Gasteiger partial charge in [-0.3, -0.25) is 19.3 Å². The molecule has 2 N–H and O–H groups in total. The molecule has 7 nitrogen and oxygen atoms in total. The summed E-state index contributed by atoms with van der Waals surface area (Å²) in [5.41, 5.74) is 3.29.